The van der Waals surface area contributed by atoms with Crippen LogP contribution in [0.15, 0.2) is 47.4 Å². The van der Waals surface area contributed by atoms with Crippen LogP contribution >= 0.6 is 11.6 Å². The van der Waals surface area contributed by atoms with Crippen molar-refractivity contribution in [1.82, 2.24) is 5.32 Å². The van der Waals surface area contributed by atoms with E-state index < -0.39 is 10.0 Å². The van der Waals surface area contributed by atoms with Crippen LogP contribution < -0.4 is 10.0 Å². The third-order valence-electron chi connectivity index (χ3n) is 4.32. The molecule has 0 aromatic heterocycles. The summed E-state index contributed by atoms with van der Waals surface area (Å²) in [5.41, 5.74) is 1.54. The molecular weight excluding hydrogens is 388 g/mol. The van der Waals surface area contributed by atoms with Crippen molar-refractivity contribution in [3.8, 4) is 0 Å². The van der Waals surface area contributed by atoms with Gasteiger partial charge in [-0.05, 0) is 50.1 Å². The van der Waals surface area contributed by atoms with Crippen LogP contribution in [0.1, 0.15) is 28.8 Å². The molecule has 0 radical (unpaired) electrons. The highest BCUT2D eigenvalue weighted by molar-refractivity contribution is 7.92. The van der Waals surface area contributed by atoms with Crippen LogP contribution in [-0.4, -0.2) is 33.6 Å². The number of carbonyl (C=O) groups is 1. The van der Waals surface area contributed by atoms with E-state index in [-0.39, 0.29) is 27.6 Å². The molecule has 0 saturated carbocycles. The molecule has 0 aliphatic carbocycles. The maximum absolute atomic E-state index is 12.5. The Labute approximate surface area is 163 Å². The third kappa shape index (κ3) is 5.00. The van der Waals surface area contributed by atoms with Gasteiger partial charge in [0.25, 0.3) is 15.9 Å². The molecule has 1 aliphatic rings. The molecule has 27 heavy (non-hydrogen) atoms. The fourth-order valence-electron chi connectivity index (χ4n) is 2.77. The number of sulfonamides is 1. The number of nitrogens with one attached hydrogen (secondary N) is 2. The van der Waals surface area contributed by atoms with Crippen LogP contribution in [0, 0.1) is 6.92 Å². The van der Waals surface area contributed by atoms with E-state index in [0.717, 1.165) is 25.0 Å². The van der Waals surface area contributed by atoms with Crippen molar-refractivity contribution < 1.29 is 17.9 Å². The lowest BCUT2D eigenvalue weighted by molar-refractivity contribution is 0.0858. The molecule has 0 bridgehead atoms. The highest BCUT2D eigenvalue weighted by Crippen LogP contribution is 2.26. The molecule has 0 unspecified atom stereocenters. The van der Waals surface area contributed by atoms with Crippen LogP contribution in [0.25, 0.3) is 0 Å². The van der Waals surface area contributed by atoms with Gasteiger partial charge in [-0.2, -0.15) is 0 Å². The summed E-state index contributed by atoms with van der Waals surface area (Å²) in [4.78, 5) is 12.4. The normalized spacial score (nSPS) is 16.9. The van der Waals surface area contributed by atoms with Crippen LogP contribution in [0.4, 0.5) is 5.69 Å². The van der Waals surface area contributed by atoms with Gasteiger partial charge in [0, 0.05) is 18.7 Å². The monoisotopic (exact) mass is 408 g/mol. The molecule has 1 saturated heterocycles. The standard InChI is InChI=1S/C19H21ClN2O4S/c1-13-4-7-16(8-5-13)27(24,25)22-18-9-6-14(11-17(18)20)19(23)21-12-15-3-2-10-26-15/h4-9,11,15,22H,2-3,10,12H2,1H3,(H,21,23)/t15-/m1/s1. The Hall–Kier alpha value is -2.09. The number of carbonyl (C=O) groups excluding carboxylic acids is 1. The van der Waals surface area contributed by atoms with Gasteiger partial charge in [0.2, 0.25) is 0 Å². The van der Waals surface area contributed by atoms with Gasteiger partial charge in [0.1, 0.15) is 0 Å². The molecule has 3 rings (SSSR count). The van der Waals surface area contributed by atoms with Gasteiger partial charge < -0.3 is 10.1 Å². The van der Waals surface area contributed by atoms with E-state index >= 15 is 0 Å². The molecule has 0 spiro atoms. The number of halogens is 1. The van der Waals surface area contributed by atoms with E-state index in [2.05, 4.69) is 10.0 Å². The zero-order valence-corrected chi connectivity index (χ0v) is 16.4. The summed E-state index contributed by atoms with van der Waals surface area (Å²) >= 11 is 6.19. The molecule has 144 valence electrons. The molecule has 2 aromatic carbocycles. The molecule has 2 aromatic rings. The zero-order chi connectivity index (χ0) is 19.4. The second-order valence-electron chi connectivity index (χ2n) is 6.46. The molecule has 1 heterocycles. The Morgan fingerprint density at radius 3 is 2.59 bits per heavy atom. The number of hydrogen-bond acceptors (Lipinski definition) is 4. The fourth-order valence-corrected chi connectivity index (χ4v) is 4.14. The van der Waals surface area contributed by atoms with Crippen molar-refractivity contribution in [2.45, 2.75) is 30.8 Å². The Bertz CT molecular complexity index is 923. The molecular formula is C19H21ClN2O4S. The summed E-state index contributed by atoms with van der Waals surface area (Å²) in [6.45, 7) is 3.05. The van der Waals surface area contributed by atoms with Gasteiger partial charge in [-0.25, -0.2) is 8.42 Å². The van der Waals surface area contributed by atoms with Crippen LogP contribution in [0.5, 0.6) is 0 Å². The van der Waals surface area contributed by atoms with Gasteiger partial charge in [-0.1, -0.05) is 29.3 Å². The van der Waals surface area contributed by atoms with Crippen molar-refractivity contribution in [2.75, 3.05) is 17.9 Å². The summed E-state index contributed by atoms with van der Waals surface area (Å²) in [5.74, 6) is -0.277. The van der Waals surface area contributed by atoms with E-state index in [1.165, 1.54) is 30.3 Å². The minimum Gasteiger partial charge on any atom is -0.376 e. The SMILES string of the molecule is Cc1ccc(S(=O)(=O)Nc2ccc(C(=O)NC[C@H]3CCCO3)cc2Cl)cc1. The van der Waals surface area contributed by atoms with Crippen LogP contribution in [0.2, 0.25) is 5.02 Å². The van der Waals surface area contributed by atoms with E-state index in [0.29, 0.717) is 12.1 Å². The molecule has 2 N–H and O–H groups in total. The predicted molar refractivity (Wildman–Crippen MR) is 105 cm³/mol. The maximum Gasteiger partial charge on any atom is 0.261 e. The smallest absolute Gasteiger partial charge is 0.261 e. The average Bonchev–Trinajstić information content (AvgIpc) is 3.15. The maximum atomic E-state index is 12.5. The minimum atomic E-state index is -3.76. The summed E-state index contributed by atoms with van der Waals surface area (Å²) in [7, 11) is -3.76. The van der Waals surface area contributed by atoms with E-state index in [9.17, 15) is 13.2 Å². The average molecular weight is 409 g/mol. The summed E-state index contributed by atoms with van der Waals surface area (Å²) < 4.78 is 32.9. The second kappa shape index (κ2) is 8.29. The molecule has 6 nitrogen and oxygen atoms in total. The number of benzene rings is 2. The van der Waals surface area contributed by atoms with Gasteiger partial charge in [-0.3, -0.25) is 9.52 Å². The molecule has 1 atom stereocenters. The first-order valence-electron chi connectivity index (χ1n) is 8.64. The molecule has 1 fully saturated rings. The summed E-state index contributed by atoms with van der Waals surface area (Å²) in [6, 6.07) is 10.9. The van der Waals surface area contributed by atoms with Crippen LogP contribution in [-0.2, 0) is 14.8 Å². The lowest BCUT2D eigenvalue weighted by Gasteiger charge is -2.13. The lowest BCUT2D eigenvalue weighted by atomic mass is 10.2. The third-order valence-corrected chi connectivity index (χ3v) is 6.02. The highest BCUT2D eigenvalue weighted by atomic mass is 35.5. The number of hydrogen-bond donors (Lipinski definition) is 2. The fraction of sp³-hybridized carbons (Fsp3) is 0.316. The number of rotatable bonds is 6. The first-order valence-corrected chi connectivity index (χ1v) is 10.5. The topological polar surface area (TPSA) is 84.5 Å². The first-order chi connectivity index (χ1) is 12.8. The highest BCUT2D eigenvalue weighted by Gasteiger charge is 2.19. The predicted octanol–water partition coefficient (Wildman–Crippen LogP) is 3.36. The van der Waals surface area contributed by atoms with Crippen molar-refractivity contribution in [2.24, 2.45) is 0 Å². The zero-order valence-electron chi connectivity index (χ0n) is 14.9. The van der Waals surface area contributed by atoms with Crippen molar-refractivity contribution in [3.05, 3.63) is 58.6 Å². The molecule has 1 aliphatic heterocycles. The van der Waals surface area contributed by atoms with Gasteiger partial charge in [-0.15, -0.1) is 0 Å². The number of anilines is 1. The Kier molecular flexibility index (Phi) is 6.04. The molecule has 1 amide bonds. The quantitative estimate of drug-likeness (QED) is 0.767. The van der Waals surface area contributed by atoms with Gasteiger partial charge >= 0.3 is 0 Å². The van der Waals surface area contributed by atoms with E-state index in [1.807, 2.05) is 6.92 Å². The van der Waals surface area contributed by atoms with Gasteiger partial charge in [0.15, 0.2) is 0 Å². The number of amides is 1. The van der Waals surface area contributed by atoms with Crippen LogP contribution in [0.3, 0.4) is 0 Å². The first kappa shape index (κ1) is 19.7. The Morgan fingerprint density at radius 2 is 1.96 bits per heavy atom. The van der Waals surface area contributed by atoms with Gasteiger partial charge in [0.05, 0.1) is 21.7 Å². The van der Waals surface area contributed by atoms with E-state index in [1.54, 1.807) is 12.1 Å². The van der Waals surface area contributed by atoms with Crippen molar-refractivity contribution in [1.29, 1.82) is 0 Å². The number of ether oxygens (including phenoxy) is 1. The van der Waals surface area contributed by atoms with Crippen molar-refractivity contribution >= 4 is 33.2 Å². The lowest BCUT2D eigenvalue weighted by Crippen LogP contribution is -2.31. The largest absolute Gasteiger partial charge is 0.376 e. The summed E-state index contributed by atoms with van der Waals surface area (Å²) in [6.07, 6.45) is 1.98. The Morgan fingerprint density at radius 1 is 1.22 bits per heavy atom. The molecule has 8 heteroatoms. The minimum absolute atomic E-state index is 0.0463. The summed E-state index contributed by atoms with van der Waals surface area (Å²) in [5, 5.41) is 2.95. The van der Waals surface area contributed by atoms with E-state index in [4.69, 9.17) is 16.3 Å². The second-order valence-corrected chi connectivity index (χ2v) is 8.55. The Balaban J connectivity index is 1.68. The number of aryl methyl sites for hydroxylation is 1. The van der Waals surface area contributed by atoms with Crippen molar-refractivity contribution in [3.63, 3.8) is 0 Å².